The van der Waals surface area contributed by atoms with Crippen molar-refractivity contribution in [3.63, 3.8) is 0 Å². The largest absolute Gasteiger partial charge is 0.335 e. The van der Waals surface area contributed by atoms with E-state index in [9.17, 15) is 4.79 Å². The van der Waals surface area contributed by atoms with Gasteiger partial charge < -0.3 is 10.2 Å². The molecule has 2 amide bonds. The van der Waals surface area contributed by atoms with Crippen molar-refractivity contribution in [2.45, 2.75) is 58.2 Å². The van der Waals surface area contributed by atoms with E-state index in [2.05, 4.69) is 15.3 Å². The third-order valence-electron chi connectivity index (χ3n) is 5.75. The lowest BCUT2D eigenvalue weighted by atomic mass is 9.96. The van der Waals surface area contributed by atoms with E-state index in [-0.39, 0.29) is 12.1 Å². The number of hydrogen-bond donors (Lipinski definition) is 1. The molecule has 5 nitrogen and oxygen atoms in total. The summed E-state index contributed by atoms with van der Waals surface area (Å²) in [5.41, 5.74) is 3.81. The maximum Gasteiger partial charge on any atom is 0.318 e. The quantitative estimate of drug-likeness (QED) is 0.541. The number of amides is 2. The van der Waals surface area contributed by atoms with Crippen molar-refractivity contribution in [3.05, 3.63) is 70.6 Å². The van der Waals surface area contributed by atoms with E-state index in [4.69, 9.17) is 11.6 Å². The van der Waals surface area contributed by atoms with Gasteiger partial charge in [0.2, 0.25) is 0 Å². The highest BCUT2D eigenvalue weighted by Gasteiger charge is 2.22. The van der Waals surface area contributed by atoms with E-state index in [1.807, 2.05) is 43.3 Å². The number of aromatic nitrogens is 2. The van der Waals surface area contributed by atoms with Gasteiger partial charge in [0, 0.05) is 35.9 Å². The summed E-state index contributed by atoms with van der Waals surface area (Å²) in [7, 11) is 0. The minimum absolute atomic E-state index is 0.0637. The third-order valence-corrected chi connectivity index (χ3v) is 6.08. The number of rotatable bonds is 5. The lowest BCUT2D eigenvalue weighted by molar-refractivity contribution is 0.184. The Hall–Kier alpha value is -2.66. The molecule has 1 aromatic carbocycles. The zero-order chi connectivity index (χ0) is 20.9. The smallest absolute Gasteiger partial charge is 0.318 e. The number of carbonyl (C=O) groups is 1. The predicted octanol–water partition coefficient (Wildman–Crippen LogP) is 5.64. The third kappa shape index (κ3) is 4.90. The molecule has 0 saturated heterocycles. The van der Waals surface area contributed by atoms with Crippen molar-refractivity contribution in [2.75, 3.05) is 0 Å². The first-order valence-electron chi connectivity index (χ1n) is 10.6. The van der Waals surface area contributed by atoms with Gasteiger partial charge in [-0.25, -0.2) is 9.78 Å². The molecule has 0 spiro atoms. The molecule has 1 N–H and O–H groups in total. The average Bonchev–Trinajstić information content (AvgIpc) is 2.76. The highest BCUT2D eigenvalue weighted by molar-refractivity contribution is 6.30. The summed E-state index contributed by atoms with van der Waals surface area (Å²) in [6.07, 6.45) is 9.23. The van der Waals surface area contributed by atoms with Gasteiger partial charge in [-0.3, -0.25) is 4.98 Å². The highest BCUT2D eigenvalue weighted by Crippen LogP contribution is 2.25. The number of aryl methyl sites for hydroxylation is 1. The second-order valence-corrected chi connectivity index (χ2v) is 8.44. The van der Waals surface area contributed by atoms with Crippen LogP contribution in [0.1, 0.15) is 48.8 Å². The molecule has 156 valence electrons. The molecule has 4 rings (SSSR count). The fraction of sp³-hybridized carbons (Fsp3) is 0.375. The number of fused-ring (bicyclic) bond motifs is 1. The monoisotopic (exact) mass is 422 g/mol. The topological polar surface area (TPSA) is 58.1 Å². The standard InChI is InChI=1S/C24H27ClN4O/c1-17-7-5-9-19-13-20(23(25)28-22(17)19)16-29(15-18-8-6-12-26-14-18)24(30)27-21-10-3-2-4-11-21/h5-9,12-14,21H,2-4,10-11,15-16H2,1H3,(H,27,30). The fourth-order valence-electron chi connectivity index (χ4n) is 4.11. The van der Waals surface area contributed by atoms with Gasteiger partial charge in [-0.15, -0.1) is 0 Å². The Morgan fingerprint density at radius 3 is 2.77 bits per heavy atom. The summed E-state index contributed by atoms with van der Waals surface area (Å²) in [5, 5.41) is 4.70. The van der Waals surface area contributed by atoms with Crippen molar-refractivity contribution >= 4 is 28.5 Å². The summed E-state index contributed by atoms with van der Waals surface area (Å²) in [4.78, 5) is 23.8. The summed E-state index contributed by atoms with van der Waals surface area (Å²) < 4.78 is 0. The van der Waals surface area contributed by atoms with Gasteiger partial charge >= 0.3 is 6.03 Å². The maximum absolute atomic E-state index is 13.2. The first-order chi connectivity index (χ1) is 14.6. The summed E-state index contributed by atoms with van der Waals surface area (Å²) in [6, 6.07) is 12.2. The van der Waals surface area contributed by atoms with Crippen LogP contribution < -0.4 is 5.32 Å². The molecule has 0 aliphatic heterocycles. The summed E-state index contributed by atoms with van der Waals surface area (Å²) >= 11 is 6.54. The van der Waals surface area contributed by atoms with Gasteiger partial charge in [-0.2, -0.15) is 0 Å². The van der Waals surface area contributed by atoms with Gasteiger partial charge in [0.1, 0.15) is 5.15 Å². The number of para-hydroxylation sites is 1. The molecule has 2 aromatic heterocycles. The van der Waals surface area contributed by atoms with Gasteiger partial charge in [-0.05, 0) is 43.0 Å². The average molecular weight is 423 g/mol. The van der Waals surface area contributed by atoms with E-state index in [1.54, 1.807) is 17.3 Å². The van der Waals surface area contributed by atoms with Gasteiger partial charge in [0.25, 0.3) is 0 Å². The van der Waals surface area contributed by atoms with Crippen LogP contribution >= 0.6 is 11.6 Å². The maximum atomic E-state index is 13.2. The van der Waals surface area contributed by atoms with Crippen LogP contribution in [0, 0.1) is 6.92 Å². The van der Waals surface area contributed by atoms with Crippen molar-refractivity contribution in [1.82, 2.24) is 20.2 Å². The molecule has 2 heterocycles. The Morgan fingerprint density at radius 1 is 1.17 bits per heavy atom. The molecule has 3 aromatic rings. The van der Waals surface area contributed by atoms with Crippen molar-refractivity contribution < 1.29 is 4.79 Å². The SMILES string of the molecule is Cc1cccc2cc(CN(Cc3cccnc3)C(=O)NC3CCCCC3)c(Cl)nc12. The van der Waals surface area contributed by atoms with E-state index in [1.165, 1.54) is 19.3 Å². The lowest BCUT2D eigenvalue weighted by Gasteiger charge is -2.29. The number of pyridine rings is 2. The lowest BCUT2D eigenvalue weighted by Crippen LogP contribution is -2.44. The van der Waals surface area contributed by atoms with E-state index >= 15 is 0 Å². The van der Waals surface area contributed by atoms with E-state index < -0.39 is 0 Å². The minimum atomic E-state index is -0.0637. The fourth-order valence-corrected chi connectivity index (χ4v) is 4.31. The van der Waals surface area contributed by atoms with E-state index in [0.717, 1.165) is 40.4 Å². The number of halogens is 1. The first-order valence-corrected chi connectivity index (χ1v) is 11.0. The zero-order valence-corrected chi connectivity index (χ0v) is 18.0. The van der Waals surface area contributed by atoms with Crippen molar-refractivity contribution in [3.8, 4) is 0 Å². The number of urea groups is 1. The normalized spacial score (nSPS) is 14.6. The molecule has 6 heteroatoms. The molecule has 0 bridgehead atoms. The van der Waals surface area contributed by atoms with E-state index in [0.29, 0.717) is 18.2 Å². The number of carbonyl (C=O) groups excluding carboxylic acids is 1. The van der Waals surface area contributed by atoms with Crippen LogP contribution in [0.15, 0.2) is 48.8 Å². The molecular formula is C24H27ClN4O. The van der Waals surface area contributed by atoms with Gasteiger partial charge in [0.05, 0.1) is 12.1 Å². The Labute approximate surface area is 182 Å². The van der Waals surface area contributed by atoms with Crippen LogP contribution in [0.3, 0.4) is 0 Å². The molecule has 30 heavy (non-hydrogen) atoms. The van der Waals surface area contributed by atoms with Crippen molar-refractivity contribution in [2.24, 2.45) is 0 Å². The molecule has 0 unspecified atom stereocenters. The second-order valence-electron chi connectivity index (χ2n) is 8.09. The van der Waals surface area contributed by atoms with Crippen LogP contribution in [0.4, 0.5) is 4.79 Å². The van der Waals surface area contributed by atoms with Gasteiger partial charge in [0.15, 0.2) is 0 Å². The Morgan fingerprint density at radius 2 is 2.00 bits per heavy atom. The first kappa shape index (κ1) is 20.6. The van der Waals surface area contributed by atoms with Crippen LogP contribution in [-0.2, 0) is 13.1 Å². The van der Waals surface area contributed by atoms with Crippen LogP contribution in [0.5, 0.6) is 0 Å². The van der Waals surface area contributed by atoms with Crippen LogP contribution in [0.25, 0.3) is 10.9 Å². The molecule has 1 aliphatic rings. The zero-order valence-electron chi connectivity index (χ0n) is 17.3. The molecular weight excluding hydrogens is 396 g/mol. The highest BCUT2D eigenvalue weighted by atomic mass is 35.5. The van der Waals surface area contributed by atoms with Crippen LogP contribution in [0.2, 0.25) is 5.15 Å². The van der Waals surface area contributed by atoms with Crippen molar-refractivity contribution in [1.29, 1.82) is 0 Å². The molecule has 0 atom stereocenters. The molecule has 1 fully saturated rings. The Bertz CT molecular complexity index is 1020. The number of hydrogen-bond acceptors (Lipinski definition) is 3. The molecule has 1 saturated carbocycles. The molecule has 1 aliphatic carbocycles. The summed E-state index contributed by atoms with van der Waals surface area (Å²) in [6.45, 7) is 2.88. The van der Waals surface area contributed by atoms with Gasteiger partial charge in [-0.1, -0.05) is 55.1 Å². The Kier molecular flexibility index (Phi) is 6.48. The number of nitrogens with zero attached hydrogens (tertiary/aromatic N) is 3. The predicted molar refractivity (Wildman–Crippen MR) is 120 cm³/mol. The summed E-state index contributed by atoms with van der Waals surface area (Å²) in [5.74, 6) is 0. The molecule has 0 radical (unpaired) electrons. The number of nitrogens with one attached hydrogen (secondary N) is 1. The minimum Gasteiger partial charge on any atom is -0.335 e. The van der Waals surface area contributed by atoms with Crippen LogP contribution in [-0.4, -0.2) is 26.9 Å². The second kappa shape index (κ2) is 9.43. The Balaban J connectivity index is 1.59. The number of benzene rings is 1.